The molecule has 30 heavy (non-hydrogen) atoms. The molecular weight excluding hydrogens is 400 g/mol. The number of para-hydroxylation sites is 1. The molecule has 0 aliphatic carbocycles. The summed E-state index contributed by atoms with van der Waals surface area (Å²) in [6, 6.07) is 15.3. The maximum Gasteiger partial charge on any atom is 0.274 e. The third-order valence-electron chi connectivity index (χ3n) is 6.06. The number of benzene rings is 2. The van der Waals surface area contributed by atoms with Crippen LogP contribution < -0.4 is 5.48 Å². The second-order valence-electron chi connectivity index (χ2n) is 7.71. The minimum atomic E-state index is -0.540. The topological polar surface area (TPSA) is 77.8 Å². The number of aromatic nitrogens is 1. The first-order chi connectivity index (χ1) is 14.5. The Kier molecular flexibility index (Phi) is 4.34. The highest BCUT2D eigenvalue weighted by molar-refractivity contribution is 7.80. The van der Waals surface area contributed by atoms with Crippen LogP contribution >= 0.6 is 12.2 Å². The molecule has 1 fully saturated rings. The lowest BCUT2D eigenvalue weighted by molar-refractivity contribution is -0.130. The number of likely N-dealkylation sites (N-methyl/N-ethyl adjacent to an activating group) is 1. The third kappa shape index (κ3) is 2.72. The fourth-order valence-electron chi connectivity index (χ4n) is 4.58. The molecule has 0 unspecified atom stereocenters. The van der Waals surface area contributed by atoms with E-state index >= 15 is 0 Å². The van der Waals surface area contributed by atoms with Gasteiger partial charge in [-0.15, -0.1) is 0 Å². The van der Waals surface area contributed by atoms with E-state index in [0.29, 0.717) is 30.3 Å². The molecule has 1 aromatic heterocycles. The molecular formula is C22H20N4O3S. The molecule has 7 nitrogen and oxygen atoms in total. The van der Waals surface area contributed by atoms with Gasteiger partial charge in [0.05, 0.1) is 12.5 Å². The fraction of sp³-hybridized carbons (Fsp3) is 0.227. The van der Waals surface area contributed by atoms with Crippen LogP contribution in [0.3, 0.4) is 0 Å². The fourth-order valence-corrected chi connectivity index (χ4v) is 4.81. The molecule has 2 N–H and O–H groups in total. The minimum absolute atomic E-state index is 0.0412. The van der Waals surface area contributed by atoms with Crippen LogP contribution in [0.25, 0.3) is 10.9 Å². The SMILES string of the molecule is CN1C(=O)[C@@H]2CN(Cc3c2c2ccccc2n3Cc2ccc(C(=O)NO)cc2)C1=S. The number of hydroxylamine groups is 1. The Morgan fingerprint density at radius 3 is 2.67 bits per heavy atom. The van der Waals surface area contributed by atoms with Crippen LogP contribution in [-0.2, 0) is 17.9 Å². The number of thiocarbonyl (C=S) groups is 1. The van der Waals surface area contributed by atoms with Crippen molar-refractivity contribution in [2.45, 2.75) is 19.0 Å². The second kappa shape index (κ2) is 6.93. The van der Waals surface area contributed by atoms with Crippen LogP contribution in [0.15, 0.2) is 48.5 Å². The van der Waals surface area contributed by atoms with Gasteiger partial charge in [-0.3, -0.25) is 19.7 Å². The lowest BCUT2D eigenvalue weighted by atomic mass is 9.89. The molecule has 1 saturated heterocycles. The van der Waals surface area contributed by atoms with Gasteiger partial charge in [-0.25, -0.2) is 5.48 Å². The lowest BCUT2D eigenvalue weighted by Crippen LogP contribution is -2.56. The summed E-state index contributed by atoms with van der Waals surface area (Å²) in [7, 11) is 1.75. The molecule has 2 aromatic carbocycles. The Hall–Kier alpha value is -3.23. The molecule has 3 aromatic rings. The van der Waals surface area contributed by atoms with E-state index in [9.17, 15) is 9.59 Å². The van der Waals surface area contributed by atoms with E-state index in [0.717, 1.165) is 27.7 Å². The van der Waals surface area contributed by atoms with Crippen molar-refractivity contribution in [1.82, 2.24) is 19.8 Å². The van der Waals surface area contributed by atoms with Gasteiger partial charge in [0.15, 0.2) is 5.11 Å². The minimum Gasteiger partial charge on any atom is -0.342 e. The first-order valence-electron chi connectivity index (χ1n) is 9.69. The third-order valence-corrected chi connectivity index (χ3v) is 6.59. The van der Waals surface area contributed by atoms with Crippen molar-refractivity contribution < 1.29 is 14.8 Å². The number of hydrogen-bond acceptors (Lipinski definition) is 4. The van der Waals surface area contributed by atoms with Crippen molar-refractivity contribution in [2.24, 2.45) is 0 Å². The lowest BCUT2D eigenvalue weighted by Gasteiger charge is -2.43. The van der Waals surface area contributed by atoms with Gasteiger partial charge < -0.3 is 9.47 Å². The molecule has 1 atom stereocenters. The zero-order chi connectivity index (χ0) is 21.0. The summed E-state index contributed by atoms with van der Waals surface area (Å²) in [6.45, 7) is 1.88. The molecule has 3 heterocycles. The van der Waals surface area contributed by atoms with Gasteiger partial charge in [-0.05, 0) is 41.5 Å². The number of carbonyl (C=O) groups is 2. The predicted octanol–water partition coefficient (Wildman–Crippen LogP) is 2.46. The van der Waals surface area contributed by atoms with Crippen LogP contribution in [-0.4, -0.2) is 50.1 Å². The van der Waals surface area contributed by atoms with Gasteiger partial charge in [0.1, 0.15) is 0 Å². The Balaban J connectivity index is 1.62. The van der Waals surface area contributed by atoms with Crippen LogP contribution in [0.2, 0.25) is 0 Å². The largest absolute Gasteiger partial charge is 0.342 e. The molecule has 5 rings (SSSR count). The highest BCUT2D eigenvalue weighted by Gasteiger charge is 2.42. The molecule has 152 valence electrons. The zero-order valence-electron chi connectivity index (χ0n) is 16.3. The summed E-state index contributed by atoms with van der Waals surface area (Å²) in [5.41, 5.74) is 6.33. The van der Waals surface area contributed by atoms with Gasteiger partial charge in [0.2, 0.25) is 5.91 Å². The first kappa shape index (κ1) is 18.8. The summed E-state index contributed by atoms with van der Waals surface area (Å²) >= 11 is 5.51. The summed E-state index contributed by atoms with van der Waals surface area (Å²) < 4.78 is 2.24. The van der Waals surface area contributed by atoms with Gasteiger partial charge in [0.25, 0.3) is 5.91 Å². The predicted molar refractivity (Wildman–Crippen MR) is 115 cm³/mol. The normalized spacial score (nSPS) is 18.0. The van der Waals surface area contributed by atoms with Crippen LogP contribution in [0.4, 0.5) is 0 Å². The maximum atomic E-state index is 13.0. The molecule has 0 saturated carbocycles. The average molecular weight is 420 g/mol. The number of nitrogens with zero attached hydrogens (tertiary/aromatic N) is 3. The summed E-state index contributed by atoms with van der Waals surface area (Å²) in [5, 5.41) is 10.5. The highest BCUT2D eigenvalue weighted by atomic mass is 32.1. The van der Waals surface area contributed by atoms with Crippen molar-refractivity contribution in [3.63, 3.8) is 0 Å². The second-order valence-corrected chi connectivity index (χ2v) is 8.08. The number of nitrogens with one attached hydrogen (secondary N) is 1. The Labute approximate surface area is 178 Å². The number of amides is 2. The van der Waals surface area contributed by atoms with E-state index in [2.05, 4.69) is 21.6 Å². The number of hydrogen-bond donors (Lipinski definition) is 2. The first-order valence-corrected chi connectivity index (χ1v) is 10.1. The standard InChI is InChI=1S/C22H20N4O3S/c1-24-21(28)16-11-25(22(24)30)12-18-19(16)15-4-2-3-5-17(15)26(18)10-13-6-8-14(9-7-13)20(27)23-29/h2-9,16,29H,10-12H2,1H3,(H,23,27)/t16-/m1/s1. The smallest absolute Gasteiger partial charge is 0.274 e. The van der Waals surface area contributed by atoms with E-state index < -0.39 is 5.91 Å². The van der Waals surface area contributed by atoms with Crippen molar-refractivity contribution in [1.29, 1.82) is 0 Å². The average Bonchev–Trinajstić information content (AvgIpc) is 3.09. The molecule has 2 bridgehead atoms. The van der Waals surface area contributed by atoms with Gasteiger partial charge in [-0.2, -0.15) is 0 Å². The summed E-state index contributed by atoms with van der Waals surface area (Å²) in [5.74, 6) is -0.728. The van der Waals surface area contributed by atoms with Crippen molar-refractivity contribution >= 4 is 40.0 Å². The molecule has 0 radical (unpaired) electrons. The molecule has 8 heteroatoms. The van der Waals surface area contributed by atoms with Crippen LogP contribution in [0, 0.1) is 0 Å². The number of fused-ring (bicyclic) bond motifs is 6. The van der Waals surface area contributed by atoms with E-state index in [1.807, 2.05) is 24.3 Å². The Morgan fingerprint density at radius 2 is 1.93 bits per heavy atom. The quantitative estimate of drug-likeness (QED) is 0.387. The highest BCUT2D eigenvalue weighted by Crippen LogP contribution is 2.40. The van der Waals surface area contributed by atoms with E-state index in [1.165, 1.54) is 0 Å². The van der Waals surface area contributed by atoms with Gasteiger partial charge >= 0.3 is 0 Å². The van der Waals surface area contributed by atoms with Gasteiger partial charge in [-0.1, -0.05) is 30.3 Å². The molecule has 0 spiro atoms. The molecule has 2 aliphatic rings. The zero-order valence-corrected chi connectivity index (χ0v) is 17.1. The summed E-state index contributed by atoms with van der Waals surface area (Å²) in [4.78, 5) is 28.3. The molecule has 2 amide bonds. The van der Waals surface area contributed by atoms with Crippen LogP contribution in [0.1, 0.15) is 33.1 Å². The number of rotatable bonds is 3. The monoisotopic (exact) mass is 420 g/mol. The van der Waals surface area contributed by atoms with Gasteiger partial charge in [0, 0.05) is 42.3 Å². The maximum absolute atomic E-state index is 13.0. The summed E-state index contributed by atoms with van der Waals surface area (Å²) in [6.07, 6.45) is 0. The van der Waals surface area contributed by atoms with Crippen LogP contribution in [0.5, 0.6) is 0 Å². The number of carbonyl (C=O) groups excluding carboxylic acids is 2. The molecule has 2 aliphatic heterocycles. The van der Waals surface area contributed by atoms with E-state index in [1.54, 1.807) is 29.6 Å². The van der Waals surface area contributed by atoms with Crippen molar-refractivity contribution in [2.75, 3.05) is 13.6 Å². The van der Waals surface area contributed by atoms with Crippen molar-refractivity contribution in [3.05, 3.63) is 70.9 Å². The van der Waals surface area contributed by atoms with E-state index in [-0.39, 0.29) is 11.8 Å². The van der Waals surface area contributed by atoms with E-state index in [4.69, 9.17) is 17.4 Å². The Bertz CT molecular complexity index is 1200. The Morgan fingerprint density at radius 1 is 1.20 bits per heavy atom. The van der Waals surface area contributed by atoms with Crippen molar-refractivity contribution in [3.8, 4) is 0 Å².